The predicted molar refractivity (Wildman–Crippen MR) is 137 cm³/mol. The molecule has 0 radical (unpaired) electrons. The lowest BCUT2D eigenvalue weighted by Gasteiger charge is -2.36. The van der Waals surface area contributed by atoms with Crippen molar-refractivity contribution < 1.29 is 14.4 Å². The second-order valence-corrected chi connectivity index (χ2v) is 12.1. The molecule has 7 heteroatoms. The zero-order valence-electron chi connectivity index (χ0n) is 22.1. The second-order valence-electron chi connectivity index (χ2n) is 12.1. The van der Waals surface area contributed by atoms with E-state index < -0.39 is 23.5 Å². The Morgan fingerprint density at radius 3 is 2.46 bits per heavy atom. The molecule has 0 bridgehead atoms. The number of carbonyl (C=O) groups is 3. The molecule has 1 saturated heterocycles. The average molecular weight is 483 g/mol. The van der Waals surface area contributed by atoms with Gasteiger partial charge in [-0.1, -0.05) is 52.0 Å². The van der Waals surface area contributed by atoms with Gasteiger partial charge >= 0.3 is 0 Å². The van der Waals surface area contributed by atoms with Gasteiger partial charge in [0.1, 0.15) is 12.1 Å². The molecule has 1 saturated carbocycles. The lowest BCUT2D eigenvalue weighted by atomic mass is 9.85. The van der Waals surface area contributed by atoms with Crippen molar-refractivity contribution in [2.24, 2.45) is 16.7 Å². The van der Waals surface area contributed by atoms with E-state index in [9.17, 15) is 14.4 Å². The summed E-state index contributed by atoms with van der Waals surface area (Å²) < 4.78 is 0. The fourth-order valence-electron chi connectivity index (χ4n) is 5.92. The molecule has 1 aliphatic heterocycles. The second kappa shape index (κ2) is 9.57. The Labute approximate surface area is 209 Å². The number of nitrogens with one attached hydrogen (secondary N) is 3. The van der Waals surface area contributed by atoms with Gasteiger partial charge in [-0.15, -0.1) is 0 Å². The van der Waals surface area contributed by atoms with Gasteiger partial charge in [0.25, 0.3) is 0 Å². The van der Waals surface area contributed by atoms with Gasteiger partial charge in [0.15, 0.2) is 0 Å². The first-order chi connectivity index (χ1) is 16.5. The maximum Gasteiger partial charge on any atom is 0.246 e. The number of likely N-dealkylation sites (N-methyl/N-ethyl adjacent to an activating group) is 1. The Hall–Kier alpha value is -2.41. The molecule has 2 aliphatic carbocycles. The number of nitrogens with zero attached hydrogens (tertiary/aromatic N) is 1. The molecule has 0 aromatic heterocycles. The summed E-state index contributed by atoms with van der Waals surface area (Å²) in [7, 11) is 1.72. The van der Waals surface area contributed by atoms with Crippen molar-refractivity contribution in [3.8, 4) is 0 Å². The van der Waals surface area contributed by atoms with Crippen LogP contribution >= 0.6 is 0 Å². The lowest BCUT2D eigenvalue weighted by Crippen LogP contribution is -2.59. The molecule has 3 N–H and O–H groups in total. The van der Waals surface area contributed by atoms with E-state index in [-0.39, 0.29) is 29.2 Å². The van der Waals surface area contributed by atoms with E-state index in [4.69, 9.17) is 0 Å². The summed E-state index contributed by atoms with van der Waals surface area (Å²) in [5, 5.41) is 9.21. The van der Waals surface area contributed by atoms with Crippen LogP contribution in [0.5, 0.6) is 0 Å². The fourth-order valence-corrected chi connectivity index (χ4v) is 5.92. The summed E-state index contributed by atoms with van der Waals surface area (Å²) in [6.07, 6.45) is 4.72. The van der Waals surface area contributed by atoms with Crippen LogP contribution in [0.25, 0.3) is 0 Å². The summed E-state index contributed by atoms with van der Waals surface area (Å²) in [6, 6.07) is 6.68. The van der Waals surface area contributed by atoms with Crippen LogP contribution in [-0.4, -0.2) is 54.3 Å². The summed E-state index contributed by atoms with van der Waals surface area (Å²) in [5.74, 6) is 0.0558. The first-order valence-corrected chi connectivity index (χ1v) is 13.1. The molecule has 35 heavy (non-hydrogen) atoms. The number of benzene rings is 1. The van der Waals surface area contributed by atoms with Gasteiger partial charge in [0.2, 0.25) is 17.7 Å². The number of hydrogen-bond donors (Lipinski definition) is 3. The lowest BCUT2D eigenvalue weighted by molar-refractivity contribution is -0.144. The van der Waals surface area contributed by atoms with Crippen LogP contribution in [0.1, 0.15) is 77.5 Å². The van der Waals surface area contributed by atoms with E-state index in [2.05, 4.69) is 41.1 Å². The third kappa shape index (κ3) is 5.11. The van der Waals surface area contributed by atoms with Gasteiger partial charge in [-0.3, -0.25) is 14.4 Å². The average Bonchev–Trinajstić information content (AvgIpc) is 3.26. The quantitative estimate of drug-likeness (QED) is 0.582. The van der Waals surface area contributed by atoms with E-state index in [1.807, 2.05) is 26.8 Å². The summed E-state index contributed by atoms with van der Waals surface area (Å²) in [5.41, 5.74) is 2.02. The standard InChI is InChI=1S/C28H42N4O3/c1-17-14-28(17)15-22(25(34)30-21-13-9-11-19-10-7-8-12-20(19)21)32(16-28)26(35)23(27(3,4)5)31-24(33)18(2)29-6/h7-8,10,12,17-18,21-23,29H,9,11,13-16H2,1-6H3,(H,30,34)(H,31,33)/t17?,18-,21+,22-,23+,28?/m0/s1. The van der Waals surface area contributed by atoms with Crippen LogP contribution < -0.4 is 16.0 Å². The largest absolute Gasteiger partial charge is 0.347 e. The summed E-state index contributed by atoms with van der Waals surface area (Å²) in [4.78, 5) is 42.2. The van der Waals surface area contributed by atoms with E-state index >= 15 is 0 Å². The smallest absolute Gasteiger partial charge is 0.246 e. The van der Waals surface area contributed by atoms with E-state index in [0.29, 0.717) is 18.9 Å². The highest BCUT2D eigenvalue weighted by molar-refractivity contribution is 5.94. The van der Waals surface area contributed by atoms with Crippen LogP contribution in [0, 0.1) is 16.7 Å². The van der Waals surface area contributed by atoms with Crippen molar-refractivity contribution in [1.29, 1.82) is 0 Å². The minimum absolute atomic E-state index is 0.0207. The molecule has 7 nitrogen and oxygen atoms in total. The Balaban J connectivity index is 1.56. The third-order valence-electron chi connectivity index (χ3n) is 8.56. The van der Waals surface area contributed by atoms with Crippen molar-refractivity contribution in [2.75, 3.05) is 13.6 Å². The van der Waals surface area contributed by atoms with Gasteiger partial charge in [-0.05, 0) is 74.0 Å². The van der Waals surface area contributed by atoms with Gasteiger partial charge < -0.3 is 20.9 Å². The van der Waals surface area contributed by atoms with Gasteiger partial charge in [0, 0.05) is 6.54 Å². The highest BCUT2D eigenvalue weighted by atomic mass is 16.2. The SMILES string of the molecule is CN[C@@H](C)C(=O)N[C@H](C(=O)N1CC2(CC2C)C[C@H]1C(=O)N[C@@H]1CCCc2ccccc21)C(C)(C)C. The zero-order chi connectivity index (χ0) is 25.5. The minimum Gasteiger partial charge on any atom is -0.347 e. The molecule has 4 rings (SSSR count). The molecule has 3 amide bonds. The number of hydrogen-bond acceptors (Lipinski definition) is 4. The third-order valence-corrected chi connectivity index (χ3v) is 8.56. The molecule has 2 unspecified atom stereocenters. The monoisotopic (exact) mass is 482 g/mol. The molecular formula is C28H42N4O3. The first-order valence-electron chi connectivity index (χ1n) is 13.1. The highest BCUT2D eigenvalue weighted by Gasteiger charge is 2.61. The van der Waals surface area contributed by atoms with Gasteiger partial charge in [-0.25, -0.2) is 0 Å². The van der Waals surface area contributed by atoms with Crippen molar-refractivity contribution in [1.82, 2.24) is 20.9 Å². The molecule has 1 heterocycles. The summed E-state index contributed by atoms with van der Waals surface area (Å²) >= 11 is 0. The zero-order valence-corrected chi connectivity index (χ0v) is 22.1. The molecule has 1 spiro atoms. The number of aryl methyl sites for hydroxylation is 1. The normalized spacial score (nSPS) is 29.3. The number of fused-ring (bicyclic) bond motifs is 1. The van der Waals surface area contributed by atoms with Gasteiger partial charge in [-0.2, -0.15) is 0 Å². The van der Waals surface area contributed by atoms with E-state index in [1.165, 1.54) is 11.1 Å². The predicted octanol–water partition coefficient (Wildman–Crippen LogP) is 2.95. The van der Waals surface area contributed by atoms with E-state index in [0.717, 1.165) is 25.7 Å². The Morgan fingerprint density at radius 2 is 1.83 bits per heavy atom. The number of amides is 3. The molecular weight excluding hydrogens is 440 g/mol. The topological polar surface area (TPSA) is 90.5 Å². The highest BCUT2D eigenvalue weighted by Crippen LogP contribution is 2.60. The molecule has 3 aliphatic rings. The van der Waals surface area contributed by atoms with Crippen molar-refractivity contribution in [2.45, 2.75) is 90.9 Å². The molecule has 6 atom stereocenters. The van der Waals surface area contributed by atoms with Crippen LogP contribution in [0.3, 0.4) is 0 Å². The van der Waals surface area contributed by atoms with Crippen LogP contribution in [0.2, 0.25) is 0 Å². The Bertz CT molecular complexity index is 987. The van der Waals surface area contributed by atoms with Crippen LogP contribution in [0.4, 0.5) is 0 Å². The first kappa shape index (κ1) is 25.7. The molecule has 1 aromatic carbocycles. The van der Waals surface area contributed by atoms with Crippen LogP contribution in [0.15, 0.2) is 24.3 Å². The van der Waals surface area contributed by atoms with Crippen molar-refractivity contribution >= 4 is 17.7 Å². The minimum atomic E-state index is -0.708. The van der Waals surface area contributed by atoms with Crippen molar-refractivity contribution in [3.63, 3.8) is 0 Å². The van der Waals surface area contributed by atoms with Gasteiger partial charge in [0.05, 0.1) is 12.1 Å². The maximum absolute atomic E-state index is 14.0. The van der Waals surface area contributed by atoms with Crippen LogP contribution in [-0.2, 0) is 20.8 Å². The number of rotatable bonds is 6. The Kier molecular flexibility index (Phi) is 7.02. The van der Waals surface area contributed by atoms with E-state index in [1.54, 1.807) is 18.9 Å². The molecule has 2 fully saturated rings. The maximum atomic E-state index is 14.0. The summed E-state index contributed by atoms with van der Waals surface area (Å²) in [6.45, 7) is 10.4. The fraction of sp³-hybridized carbons (Fsp3) is 0.679. The molecule has 192 valence electrons. The number of carbonyl (C=O) groups excluding carboxylic acids is 3. The Morgan fingerprint density at radius 1 is 1.14 bits per heavy atom. The molecule has 1 aromatic rings. The van der Waals surface area contributed by atoms with Crippen molar-refractivity contribution in [3.05, 3.63) is 35.4 Å². The number of likely N-dealkylation sites (tertiary alicyclic amines) is 1.